The normalized spacial score (nSPS) is 14.6. The molecule has 174 valence electrons. The maximum absolute atomic E-state index is 14.0. The lowest BCUT2D eigenvalue weighted by atomic mass is 10.0. The molecule has 2 aromatic heterocycles. The summed E-state index contributed by atoms with van der Waals surface area (Å²) < 4.78 is 8.32. The number of hydrogen-bond acceptors (Lipinski definition) is 5. The summed E-state index contributed by atoms with van der Waals surface area (Å²) in [7, 11) is 1.56. The van der Waals surface area contributed by atoms with E-state index in [9.17, 15) is 14.4 Å². The number of piperidine rings is 1. The lowest BCUT2D eigenvalue weighted by Crippen LogP contribution is -2.44. The van der Waals surface area contributed by atoms with Crippen LogP contribution in [-0.4, -0.2) is 45.1 Å². The quantitative estimate of drug-likeness (QED) is 0.420. The summed E-state index contributed by atoms with van der Waals surface area (Å²) in [5.74, 6) is 0.572. The van der Waals surface area contributed by atoms with Crippen molar-refractivity contribution in [2.24, 2.45) is 0 Å². The molecule has 5 rings (SSSR count). The average Bonchev–Trinajstić information content (AvgIpc) is 2.84. The van der Waals surface area contributed by atoms with E-state index in [0.29, 0.717) is 64.2 Å². The summed E-state index contributed by atoms with van der Waals surface area (Å²) in [5, 5.41) is 1.42. The molecule has 1 aliphatic heterocycles. The van der Waals surface area contributed by atoms with Crippen LogP contribution in [0.25, 0.3) is 27.5 Å². The zero-order chi connectivity index (χ0) is 24.0. The van der Waals surface area contributed by atoms with Crippen molar-refractivity contribution in [2.75, 3.05) is 20.2 Å². The van der Waals surface area contributed by atoms with E-state index in [-0.39, 0.29) is 11.9 Å². The van der Waals surface area contributed by atoms with Crippen molar-refractivity contribution in [3.05, 3.63) is 74.5 Å². The van der Waals surface area contributed by atoms with Crippen LogP contribution < -0.4 is 16.0 Å². The molecule has 0 aliphatic carbocycles. The number of rotatable bonds is 3. The molecule has 9 heteroatoms. The van der Waals surface area contributed by atoms with Gasteiger partial charge in [-0.15, -0.1) is 0 Å². The number of amides is 1. The Hall–Kier alpha value is -3.65. The Balaban J connectivity index is 1.86. The zero-order valence-electron chi connectivity index (χ0n) is 18.8. The van der Waals surface area contributed by atoms with Crippen LogP contribution in [0.4, 0.5) is 0 Å². The van der Waals surface area contributed by atoms with E-state index in [2.05, 4.69) is 4.98 Å². The highest BCUT2D eigenvalue weighted by atomic mass is 35.5. The molecule has 1 aliphatic rings. The number of hydrogen-bond donors (Lipinski definition) is 0. The molecule has 3 heterocycles. The number of halogens is 1. The van der Waals surface area contributed by atoms with Crippen LogP contribution >= 0.6 is 11.6 Å². The van der Waals surface area contributed by atoms with Gasteiger partial charge in [-0.25, -0.2) is 9.36 Å². The van der Waals surface area contributed by atoms with E-state index in [1.54, 1.807) is 53.8 Å². The largest absolute Gasteiger partial charge is 0.494 e. The fourth-order valence-corrected chi connectivity index (χ4v) is 4.98. The molecule has 1 saturated heterocycles. The number of aromatic nitrogens is 3. The standard InChI is InChI=1S/C25H23ClN4O4/c1-15(31)28-11-9-17(10-12-28)29-23-19-7-4-8-21(34-2)22(19)27-14-20(23)24(32)30(25(29)33)18-6-3-5-16(26)13-18/h3-8,13-14,17H,9-12H2,1-2H3. The molecule has 1 fully saturated rings. The Morgan fingerprint density at radius 1 is 1.09 bits per heavy atom. The lowest BCUT2D eigenvalue weighted by Gasteiger charge is -2.33. The van der Waals surface area contributed by atoms with E-state index < -0.39 is 11.2 Å². The van der Waals surface area contributed by atoms with Gasteiger partial charge in [-0.2, -0.15) is 0 Å². The highest BCUT2D eigenvalue weighted by Crippen LogP contribution is 2.31. The minimum Gasteiger partial charge on any atom is -0.494 e. The van der Waals surface area contributed by atoms with Crippen molar-refractivity contribution in [3.8, 4) is 11.4 Å². The summed E-state index contributed by atoms with van der Waals surface area (Å²) in [4.78, 5) is 45.7. The van der Waals surface area contributed by atoms with Gasteiger partial charge in [0.25, 0.3) is 5.56 Å². The van der Waals surface area contributed by atoms with E-state index >= 15 is 0 Å². The maximum atomic E-state index is 14.0. The molecule has 4 aromatic rings. The Morgan fingerprint density at radius 2 is 1.82 bits per heavy atom. The molecular formula is C25H23ClN4O4. The first-order chi connectivity index (χ1) is 16.4. The first-order valence-corrected chi connectivity index (χ1v) is 11.4. The SMILES string of the molecule is COc1cccc2c1ncc1c(=O)n(-c3cccc(Cl)c3)c(=O)n(C3CCN(C(C)=O)CC3)c12. The van der Waals surface area contributed by atoms with Gasteiger partial charge in [0, 0.05) is 42.7 Å². The first kappa shape index (κ1) is 22.2. The summed E-state index contributed by atoms with van der Waals surface area (Å²) in [5.41, 5.74) is 0.587. The van der Waals surface area contributed by atoms with Gasteiger partial charge < -0.3 is 9.64 Å². The molecular weight excluding hydrogens is 456 g/mol. The number of pyridine rings is 1. The highest BCUT2D eigenvalue weighted by molar-refractivity contribution is 6.30. The Kier molecular flexibility index (Phi) is 5.61. The van der Waals surface area contributed by atoms with Crippen molar-refractivity contribution in [3.63, 3.8) is 0 Å². The number of carbonyl (C=O) groups excluding carboxylic acids is 1. The molecule has 8 nitrogen and oxygen atoms in total. The maximum Gasteiger partial charge on any atom is 0.336 e. The van der Waals surface area contributed by atoms with Crippen LogP contribution in [-0.2, 0) is 4.79 Å². The van der Waals surface area contributed by atoms with Gasteiger partial charge in [-0.1, -0.05) is 29.8 Å². The fraction of sp³-hybridized carbons (Fsp3) is 0.280. The number of benzene rings is 2. The lowest BCUT2D eigenvalue weighted by molar-refractivity contribution is -0.130. The molecule has 0 spiro atoms. The van der Waals surface area contributed by atoms with Gasteiger partial charge in [0.2, 0.25) is 5.91 Å². The predicted molar refractivity (Wildman–Crippen MR) is 131 cm³/mol. The molecule has 34 heavy (non-hydrogen) atoms. The molecule has 0 radical (unpaired) electrons. The summed E-state index contributed by atoms with van der Waals surface area (Å²) in [6.07, 6.45) is 2.69. The summed E-state index contributed by atoms with van der Waals surface area (Å²) in [6.45, 7) is 2.62. The van der Waals surface area contributed by atoms with E-state index in [1.807, 2.05) is 12.1 Å². The molecule has 2 aromatic carbocycles. The smallest absolute Gasteiger partial charge is 0.336 e. The number of nitrogens with zero attached hydrogens (tertiary/aromatic N) is 4. The third-order valence-electron chi connectivity index (χ3n) is 6.47. The van der Waals surface area contributed by atoms with Crippen molar-refractivity contribution in [1.82, 2.24) is 19.0 Å². The minimum atomic E-state index is -0.461. The van der Waals surface area contributed by atoms with Crippen molar-refractivity contribution < 1.29 is 9.53 Å². The van der Waals surface area contributed by atoms with E-state index in [0.717, 1.165) is 4.57 Å². The minimum absolute atomic E-state index is 0.0129. The van der Waals surface area contributed by atoms with Gasteiger partial charge in [0.15, 0.2) is 0 Å². The van der Waals surface area contributed by atoms with Crippen LogP contribution in [0.15, 0.2) is 58.3 Å². The second-order valence-electron chi connectivity index (χ2n) is 8.39. The molecule has 0 atom stereocenters. The van der Waals surface area contributed by atoms with Gasteiger partial charge in [0.1, 0.15) is 11.3 Å². The average molecular weight is 479 g/mol. The predicted octanol–water partition coefficient (Wildman–Crippen LogP) is 3.55. The highest BCUT2D eigenvalue weighted by Gasteiger charge is 2.27. The number of methoxy groups -OCH3 is 1. The number of ether oxygens (including phenoxy) is 1. The van der Waals surface area contributed by atoms with Crippen LogP contribution in [0.1, 0.15) is 25.8 Å². The van der Waals surface area contributed by atoms with Crippen LogP contribution in [0.2, 0.25) is 5.02 Å². The summed E-state index contributed by atoms with van der Waals surface area (Å²) >= 11 is 6.18. The number of para-hydroxylation sites is 1. The molecule has 0 bridgehead atoms. The van der Waals surface area contributed by atoms with Crippen LogP contribution in [0, 0.1) is 0 Å². The van der Waals surface area contributed by atoms with Gasteiger partial charge in [-0.05, 0) is 37.1 Å². The van der Waals surface area contributed by atoms with Gasteiger partial charge in [0.05, 0.1) is 23.7 Å². The first-order valence-electron chi connectivity index (χ1n) is 11.0. The third kappa shape index (κ3) is 3.54. The molecule has 1 amide bonds. The number of fused-ring (bicyclic) bond motifs is 3. The Bertz CT molecular complexity index is 1550. The second-order valence-corrected chi connectivity index (χ2v) is 8.82. The molecule has 0 saturated carbocycles. The zero-order valence-corrected chi connectivity index (χ0v) is 19.6. The summed E-state index contributed by atoms with van der Waals surface area (Å²) in [6, 6.07) is 11.9. The van der Waals surface area contributed by atoms with Crippen LogP contribution in [0.3, 0.4) is 0 Å². The Labute approximate surface area is 200 Å². The van der Waals surface area contributed by atoms with Gasteiger partial charge in [-0.3, -0.25) is 19.1 Å². The number of likely N-dealkylation sites (tertiary alicyclic amines) is 1. The van der Waals surface area contributed by atoms with Crippen LogP contribution in [0.5, 0.6) is 5.75 Å². The van der Waals surface area contributed by atoms with Crippen molar-refractivity contribution >= 4 is 39.3 Å². The molecule has 0 N–H and O–H groups in total. The fourth-order valence-electron chi connectivity index (χ4n) is 4.79. The number of carbonyl (C=O) groups is 1. The third-order valence-corrected chi connectivity index (χ3v) is 6.70. The van der Waals surface area contributed by atoms with Crippen molar-refractivity contribution in [2.45, 2.75) is 25.8 Å². The molecule has 0 unspecified atom stereocenters. The topological polar surface area (TPSA) is 86.4 Å². The monoisotopic (exact) mass is 478 g/mol. The van der Waals surface area contributed by atoms with E-state index in [1.165, 1.54) is 6.20 Å². The Morgan fingerprint density at radius 3 is 2.50 bits per heavy atom. The van der Waals surface area contributed by atoms with Gasteiger partial charge >= 0.3 is 5.69 Å². The second kappa shape index (κ2) is 8.61. The van der Waals surface area contributed by atoms with E-state index in [4.69, 9.17) is 16.3 Å². The van der Waals surface area contributed by atoms with Crippen molar-refractivity contribution in [1.29, 1.82) is 0 Å².